The minimum Gasteiger partial charge on any atom is -0.324 e. The van der Waals surface area contributed by atoms with Crippen molar-refractivity contribution in [3.8, 4) is 0 Å². The van der Waals surface area contributed by atoms with Crippen LogP contribution in [-0.4, -0.2) is 11.8 Å². The van der Waals surface area contributed by atoms with Gasteiger partial charge in [0.25, 0.3) is 0 Å². The molecule has 0 aliphatic carbocycles. The molecule has 4 nitrogen and oxygen atoms in total. The maximum absolute atomic E-state index is 12.0. The molecule has 0 unspecified atom stereocenters. The van der Waals surface area contributed by atoms with Gasteiger partial charge in [0.05, 0.1) is 31.5 Å². The van der Waals surface area contributed by atoms with Gasteiger partial charge in [-0.2, -0.15) is 0 Å². The Hall–Kier alpha value is -1.46. The third-order valence-corrected chi connectivity index (χ3v) is 4.52. The molecule has 0 aliphatic rings. The first-order valence-electron chi connectivity index (χ1n) is 7.36. The van der Waals surface area contributed by atoms with Gasteiger partial charge < -0.3 is 10.6 Å². The van der Waals surface area contributed by atoms with E-state index in [0.717, 1.165) is 0 Å². The summed E-state index contributed by atoms with van der Waals surface area (Å²) in [4.78, 5) is 23.9. The van der Waals surface area contributed by atoms with Crippen molar-refractivity contribution in [1.29, 1.82) is 0 Å². The average Bonchev–Trinajstić information content (AvgIpc) is 2.55. The van der Waals surface area contributed by atoms with Gasteiger partial charge in [-0.25, -0.2) is 0 Å². The Morgan fingerprint density at radius 1 is 0.680 bits per heavy atom. The van der Waals surface area contributed by atoms with E-state index in [0.29, 0.717) is 37.9 Å². The lowest BCUT2D eigenvalue weighted by atomic mass is 10.2. The summed E-state index contributed by atoms with van der Waals surface area (Å²) in [5.41, 5.74) is 0.728. The summed E-state index contributed by atoms with van der Waals surface area (Å²) >= 11 is 24.0. The number of hydrogen-bond donors (Lipinski definition) is 2. The van der Waals surface area contributed by atoms with Crippen molar-refractivity contribution < 1.29 is 9.59 Å². The third kappa shape index (κ3) is 5.79. The molecule has 0 atom stereocenters. The number of halogens is 4. The average molecular weight is 420 g/mol. The molecule has 0 saturated carbocycles. The second kappa shape index (κ2) is 9.30. The zero-order valence-electron chi connectivity index (χ0n) is 12.9. The first kappa shape index (κ1) is 19.9. The summed E-state index contributed by atoms with van der Waals surface area (Å²) in [5.74, 6) is -0.558. The monoisotopic (exact) mass is 418 g/mol. The first-order valence-corrected chi connectivity index (χ1v) is 8.87. The number of benzene rings is 2. The van der Waals surface area contributed by atoms with Crippen LogP contribution in [0.15, 0.2) is 36.4 Å². The number of nitrogens with one attached hydrogen (secondary N) is 2. The highest BCUT2D eigenvalue weighted by Gasteiger charge is 2.12. The van der Waals surface area contributed by atoms with Crippen LogP contribution in [0.1, 0.15) is 19.3 Å². The van der Waals surface area contributed by atoms with Crippen LogP contribution in [0.25, 0.3) is 0 Å². The van der Waals surface area contributed by atoms with Gasteiger partial charge in [0.15, 0.2) is 0 Å². The van der Waals surface area contributed by atoms with Gasteiger partial charge in [-0.1, -0.05) is 58.5 Å². The van der Waals surface area contributed by atoms with Crippen LogP contribution in [0.3, 0.4) is 0 Å². The SMILES string of the molecule is O=C(CCCC(=O)Nc1c(Cl)cccc1Cl)Nc1c(Cl)cccc1Cl. The van der Waals surface area contributed by atoms with Gasteiger partial charge in [0.2, 0.25) is 11.8 Å². The Balaban J connectivity index is 1.82. The fourth-order valence-electron chi connectivity index (χ4n) is 2.05. The number of anilines is 2. The highest BCUT2D eigenvalue weighted by Crippen LogP contribution is 2.31. The number of carbonyl (C=O) groups excluding carboxylic acids is 2. The second-order valence-corrected chi connectivity index (χ2v) is 6.77. The van der Waals surface area contributed by atoms with Crippen LogP contribution in [0.2, 0.25) is 20.1 Å². The number of rotatable bonds is 6. The Bertz CT molecular complexity index is 690. The summed E-state index contributed by atoms with van der Waals surface area (Å²) in [7, 11) is 0. The minimum atomic E-state index is -0.279. The molecule has 0 saturated heterocycles. The van der Waals surface area contributed by atoms with E-state index in [1.807, 2.05) is 0 Å². The van der Waals surface area contributed by atoms with E-state index in [1.165, 1.54) is 0 Å². The summed E-state index contributed by atoms with van der Waals surface area (Å²) < 4.78 is 0. The molecule has 0 bridgehead atoms. The van der Waals surface area contributed by atoms with Crippen molar-refractivity contribution in [2.24, 2.45) is 0 Å². The van der Waals surface area contributed by atoms with E-state index in [9.17, 15) is 9.59 Å². The molecule has 0 spiro atoms. The van der Waals surface area contributed by atoms with E-state index in [4.69, 9.17) is 46.4 Å². The fraction of sp³-hybridized carbons (Fsp3) is 0.176. The molecule has 0 fully saturated rings. The molecule has 8 heteroatoms. The van der Waals surface area contributed by atoms with Crippen LogP contribution < -0.4 is 10.6 Å². The smallest absolute Gasteiger partial charge is 0.224 e. The molecule has 0 aromatic heterocycles. The number of hydrogen-bond acceptors (Lipinski definition) is 2. The number of carbonyl (C=O) groups is 2. The van der Waals surface area contributed by atoms with Gasteiger partial charge >= 0.3 is 0 Å². The third-order valence-electron chi connectivity index (χ3n) is 3.26. The summed E-state index contributed by atoms with van der Waals surface area (Å²) in [6.45, 7) is 0. The number of para-hydroxylation sites is 2. The molecule has 25 heavy (non-hydrogen) atoms. The predicted octanol–water partition coefficient (Wildman–Crippen LogP) is 6.05. The largest absolute Gasteiger partial charge is 0.324 e. The topological polar surface area (TPSA) is 58.2 Å². The summed E-state index contributed by atoms with van der Waals surface area (Å²) in [6, 6.07) is 9.89. The van der Waals surface area contributed by atoms with E-state index in [2.05, 4.69) is 10.6 Å². The predicted molar refractivity (Wildman–Crippen MR) is 104 cm³/mol. The minimum absolute atomic E-state index is 0.144. The molecular formula is C17H14Cl4N2O2. The van der Waals surface area contributed by atoms with E-state index in [1.54, 1.807) is 36.4 Å². The van der Waals surface area contributed by atoms with E-state index in [-0.39, 0.29) is 24.7 Å². The summed E-state index contributed by atoms with van der Waals surface area (Å²) in [6.07, 6.45) is 0.637. The van der Waals surface area contributed by atoms with Gasteiger partial charge in [0, 0.05) is 12.8 Å². The molecule has 2 aromatic carbocycles. The second-order valence-electron chi connectivity index (χ2n) is 5.14. The normalized spacial score (nSPS) is 10.4. The maximum atomic E-state index is 12.0. The Kier molecular flexibility index (Phi) is 7.38. The number of amides is 2. The Morgan fingerprint density at radius 3 is 1.32 bits per heavy atom. The molecule has 2 N–H and O–H groups in total. The molecule has 0 aliphatic heterocycles. The highest BCUT2D eigenvalue weighted by atomic mass is 35.5. The van der Waals surface area contributed by atoms with E-state index >= 15 is 0 Å². The Morgan fingerprint density at radius 2 is 1.00 bits per heavy atom. The molecule has 132 valence electrons. The first-order chi connectivity index (χ1) is 11.9. The van der Waals surface area contributed by atoms with Crippen LogP contribution in [0, 0.1) is 0 Å². The van der Waals surface area contributed by atoms with Crippen LogP contribution in [0.4, 0.5) is 11.4 Å². The molecule has 2 rings (SSSR count). The molecule has 2 aromatic rings. The van der Waals surface area contributed by atoms with Crippen molar-refractivity contribution in [3.05, 3.63) is 56.5 Å². The van der Waals surface area contributed by atoms with Crippen LogP contribution >= 0.6 is 46.4 Å². The molecule has 2 amide bonds. The van der Waals surface area contributed by atoms with Crippen molar-refractivity contribution in [3.63, 3.8) is 0 Å². The van der Waals surface area contributed by atoms with Crippen molar-refractivity contribution in [1.82, 2.24) is 0 Å². The van der Waals surface area contributed by atoms with E-state index < -0.39 is 0 Å². The molecule has 0 radical (unpaired) electrons. The molecular weight excluding hydrogens is 406 g/mol. The van der Waals surface area contributed by atoms with Crippen molar-refractivity contribution >= 4 is 69.6 Å². The lowest BCUT2D eigenvalue weighted by Crippen LogP contribution is -2.15. The lowest BCUT2D eigenvalue weighted by Gasteiger charge is -2.10. The van der Waals surface area contributed by atoms with Gasteiger partial charge in [0.1, 0.15) is 0 Å². The van der Waals surface area contributed by atoms with Crippen LogP contribution in [0.5, 0.6) is 0 Å². The quantitative estimate of drug-likeness (QED) is 0.598. The van der Waals surface area contributed by atoms with Crippen molar-refractivity contribution in [2.75, 3.05) is 10.6 Å². The maximum Gasteiger partial charge on any atom is 0.224 e. The fourth-order valence-corrected chi connectivity index (χ4v) is 3.03. The van der Waals surface area contributed by atoms with Crippen molar-refractivity contribution in [2.45, 2.75) is 19.3 Å². The summed E-state index contributed by atoms with van der Waals surface area (Å²) in [5, 5.41) is 6.70. The lowest BCUT2D eigenvalue weighted by molar-refractivity contribution is -0.117. The highest BCUT2D eigenvalue weighted by molar-refractivity contribution is 6.40. The zero-order valence-corrected chi connectivity index (χ0v) is 15.9. The van der Waals surface area contributed by atoms with Gasteiger partial charge in [-0.05, 0) is 30.7 Å². The van der Waals surface area contributed by atoms with Gasteiger partial charge in [-0.15, -0.1) is 0 Å². The van der Waals surface area contributed by atoms with Gasteiger partial charge in [-0.3, -0.25) is 9.59 Å². The molecule has 0 heterocycles. The Labute approximate surface area is 165 Å². The standard InChI is InChI=1S/C17H14Cl4N2O2/c18-10-4-1-5-11(19)16(10)22-14(24)8-3-9-15(25)23-17-12(20)6-2-7-13(17)21/h1-2,4-7H,3,8-9H2,(H,22,24)(H,23,25). The zero-order chi connectivity index (χ0) is 18.4. The van der Waals surface area contributed by atoms with Crippen LogP contribution in [-0.2, 0) is 9.59 Å².